The highest BCUT2D eigenvalue weighted by atomic mass is 31.2. The number of carbonyl (C=O) groups is 1. The Hall–Kier alpha value is -0.580. The molecule has 0 aromatic carbocycles. The zero-order valence-electron chi connectivity index (χ0n) is 10.2. The van der Waals surface area contributed by atoms with Gasteiger partial charge >= 0.3 is 13.8 Å². The van der Waals surface area contributed by atoms with E-state index in [4.69, 9.17) is 0 Å². The van der Waals surface area contributed by atoms with Gasteiger partial charge in [0.1, 0.15) is 0 Å². The maximum atomic E-state index is 11.5. The second-order valence-corrected chi connectivity index (χ2v) is 7.14. The molecule has 0 bridgehead atoms. The van der Waals surface area contributed by atoms with Gasteiger partial charge in [-0.1, -0.05) is 0 Å². The standard InChI is InChI=1S/C9H19O6P/c1-7(2)15-8(10)13-6-14-16(11,12)9(3,4)5/h7H,6H2,1-5H3,(H,11,12). The van der Waals surface area contributed by atoms with Gasteiger partial charge in [-0.3, -0.25) is 9.09 Å². The van der Waals surface area contributed by atoms with Gasteiger partial charge in [-0.05, 0) is 34.6 Å². The molecule has 1 atom stereocenters. The van der Waals surface area contributed by atoms with Crippen molar-refractivity contribution in [1.29, 1.82) is 0 Å². The summed E-state index contributed by atoms with van der Waals surface area (Å²) in [6.45, 7) is 7.39. The molecule has 0 aromatic heterocycles. The molecule has 0 aromatic rings. The number of carbonyl (C=O) groups excluding carboxylic acids is 1. The maximum absolute atomic E-state index is 11.5. The van der Waals surface area contributed by atoms with Crippen LogP contribution in [0.3, 0.4) is 0 Å². The summed E-state index contributed by atoms with van der Waals surface area (Å²) in [4.78, 5) is 20.3. The summed E-state index contributed by atoms with van der Waals surface area (Å²) in [6.07, 6.45) is -1.24. The molecule has 1 N–H and O–H groups in total. The van der Waals surface area contributed by atoms with E-state index in [9.17, 15) is 14.3 Å². The van der Waals surface area contributed by atoms with Crippen molar-refractivity contribution in [2.24, 2.45) is 0 Å². The smallest absolute Gasteiger partial charge is 0.432 e. The summed E-state index contributed by atoms with van der Waals surface area (Å²) in [7, 11) is -3.80. The van der Waals surface area contributed by atoms with E-state index in [2.05, 4.69) is 14.0 Å². The fraction of sp³-hybridized carbons (Fsp3) is 0.889. The molecule has 0 saturated carbocycles. The lowest BCUT2D eigenvalue weighted by Gasteiger charge is -2.24. The van der Waals surface area contributed by atoms with Gasteiger partial charge in [-0.2, -0.15) is 0 Å². The quantitative estimate of drug-likeness (QED) is 0.471. The first-order chi connectivity index (χ1) is 7.06. The lowest BCUT2D eigenvalue weighted by molar-refractivity contribution is -0.0122. The van der Waals surface area contributed by atoms with E-state index in [0.717, 1.165) is 0 Å². The van der Waals surface area contributed by atoms with Gasteiger partial charge in [-0.25, -0.2) is 4.79 Å². The summed E-state index contributed by atoms with van der Waals surface area (Å²) in [5.74, 6) is 0. The average molecular weight is 254 g/mol. The Morgan fingerprint density at radius 3 is 2.25 bits per heavy atom. The van der Waals surface area contributed by atoms with E-state index >= 15 is 0 Å². The van der Waals surface area contributed by atoms with Crippen LogP contribution in [0.4, 0.5) is 4.79 Å². The van der Waals surface area contributed by atoms with Gasteiger partial charge in [0.05, 0.1) is 11.3 Å². The van der Waals surface area contributed by atoms with Gasteiger partial charge in [0.15, 0.2) is 0 Å². The number of hydrogen-bond donors (Lipinski definition) is 1. The first kappa shape index (κ1) is 15.4. The van der Waals surface area contributed by atoms with E-state index in [-0.39, 0.29) is 6.10 Å². The fourth-order valence-corrected chi connectivity index (χ4v) is 1.15. The summed E-state index contributed by atoms with van der Waals surface area (Å²) in [5, 5.41) is -0.918. The topological polar surface area (TPSA) is 82.1 Å². The van der Waals surface area contributed by atoms with Crippen molar-refractivity contribution in [3.8, 4) is 0 Å². The zero-order valence-corrected chi connectivity index (χ0v) is 11.1. The minimum absolute atomic E-state index is 0.309. The van der Waals surface area contributed by atoms with Crippen LogP contribution in [0.2, 0.25) is 0 Å². The predicted molar refractivity (Wildman–Crippen MR) is 58.2 cm³/mol. The van der Waals surface area contributed by atoms with Crippen LogP contribution in [0.1, 0.15) is 34.6 Å². The Kier molecular flexibility index (Phi) is 5.46. The average Bonchev–Trinajstić information content (AvgIpc) is 1.99. The Morgan fingerprint density at radius 2 is 1.88 bits per heavy atom. The summed E-state index contributed by atoms with van der Waals surface area (Å²) in [6, 6.07) is 0. The Balaban J connectivity index is 4.00. The highest BCUT2D eigenvalue weighted by Crippen LogP contribution is 2.54. The molecule has 6 nitrogen and oxygen atoms in total. The minimum atomic E-state index is -3.80. The molecule has 0 heterocycles. The third kappa shape index (κ3) is 5.49. The van der Waals surface area contributed by atoms with Crippen LogP contribution in [0, 0.1) is 0 Å². The third-order valence-corrected chi connectivity index (χ3v) is 3.73. The third-order valence-electron chi connectivity index (χ3n) is 1.58. The van der Waals surface area contributed by atoms with Crippen LogP contribution >= 0.6 is 7.60 Å². The van der Waals surface area contributed by atoms with E-state index in [1.54, 1.807) is 34.6 Å². The predicted octanol–water partition coefficient (Wildman–Crippen LogP) is 2.51. The molecule has 0 radical (unpaired) electrons. The molecule has 0 spiro atoms. The molecule has 0 rings (SSSR count). The van der Waals surface area contributed by atoms with Crippen LogP contribution in [-0.2, 0) is 18.6 Å². The van der Waals surface area contributed by atoms with Crippen molar-refractivity contribution in [3.63, 3.8) is 0 Å². The van der Waals surface area contributed by atoms with Crippen molar-refractivity contribution >= 4 is 13.8 Å². The van der Waals surface area contributed by atoms with Crippen LogP contribution in [0.25, 0.3) is 0 Å². The highest BCUT2D eigenvalue weighted by molar-refractivity contribution is 7.54. The summed E-state index contributed by atoms with van der Waals surface area (Å²) >= 11 is 0. The Bertz CT molecular complexity index is 280. The molecule has 96 valence electrons. The van der Waals surface area contributed by atoms with Crippen molar-refractivity contribution in [1.82, 2.24) is 0 Å². The molecule has 16 heavy (non-hydrogen) atoms. The maximum Gasteiger partial charge on any atom is 0.510 e. The van der Waals surface area contributed by atoms with Gasteiger partial charge in [0.2, 0.25) is 6.79 Å². The van der Waals surface area contributed by atoms with Crippen molar-refractivity contribution in [2.45, 2.75) is 45.9 Å². The number of rotatable bonds is 4. The van der Waals surface area contributed by atoms with Gasteiger partial charge in [0.25, 0.3) is 0 Å². The first-order valence-electron chi connectivity index (χ1n) is 4.87. The highest BCUT2D eigenvalue weighted by Gasteiger charge is 2.36. The molecular weight excluding hydrogens is 235 g/mol. The van der Waals surface area contributed by atoms with Crippen LogP contribution in [0.5, 0.6) is 0 Å². The van der Waals surface area contributed by atoms with E-state index in [1.807, 2.05) is 0 Å². The first-order valence-corrected chi connectivity index (χ1v) is 6.45. The Morgan fingerprint density at radius 1 is 1.38 bits per heavy atom. The molecule has 0 aliphatic rings. The zero-order chi connectivity index (χ0) is 13.0. The summed E-state index contributed by atoms with van der Waals surface area (Å²) in [5.41, 5.74) is 0. The van der Waals surface area contributed by atoms with Crippen LogP contribution < -0.4 is 0 Å². The largest absolute Gasteiger partial charge is 0.510 e. The molecular formula is C9H19O6P. The van der Waals surface area contributed by atoms with Crippen LogP contribution in [-0.4, -0.2) is 29.1 Å². The van der Waals surface area contributed by atoms with E-state index < -0.39 is 25.7 Å². The molecule has 0 amide bonds. The molecule has 0 saturated heterocycles. The lowest BCUT2D eigenvalue weighted by atomic mass is 10.3. The SMILES string of the molecule is CC(C)OC(=O)OCOP(=O)(O)C(C)(C)C. The fourth-order valence-electron chi connectivity index (χ4n) is 0.566. The Labute approximate surface area is 95.4 Å². The van der Waals surface area contributed by atoms with Gasteiger partial charge in [-0.15, -0.1) is 0 Å². The number of hydrogen-bond acceptors (Lipinski definition) is 5. The minimum Gasteiger partial charge on any atom is -0.432 e. The molecule has 1 unspecified atom stereocenters. The van der Waals surface area contributed by atoms with Crippen molar-refractivity contribution in [2.75, 3.05) is 6.79 Å². The van der Waals surface area contributed by atoms with Crippen molar-refractivity contribution in [3.05, 3.63) is 0 Å². The lowest BCUT2D eigenvalue weighted by Crippen LogP contribution is -2.19. The van der Waals surface area contributed by atoms with Gasteiger partial charge < -0.3 is 14.4 Å². The second kappa shape index (κ2) is 5.66. The molecule has 0 fully saturated rings. The number of ether oxygens (including phenoxy) is 2. The normalized spacial score (nSPS) is 15.7. The van der Waals surface area contributed by atoms with Gasteiger partial charge in [0, 0.05) is 0 Å². The monoisotopic (exact) mass is 254 g/mol. The summed E-state index contributed by atoms with van der Waals surface area (Å²) < 4.78 is 25.3. The molecule has 0 aliphatic heterocycles. The molecule has 0 aliphatic carbocycles. The van der Waals surface area contributed by atoms with E-state index in [0.29, 0.717) is 0 Å². The van der Waals surface area contributed by atoms with Crippen molar-refractivity contribution < 1.29 is 28.3 Å². The second-order valence-electron chi connectivity index (χ2n) is 4.50. The van der Waals surface area contributed by atoms with E-state index in [1.165, 1.54) is 0 Å². The van der Waals surface area contributed by atoms with Crippen LogP contribution in [0.15, 0.2) is 0 Å². The molecule has 7 heteroatoms.